The Hall–Kier alpha value is -2.13. The van der Waals surface area contributed by atoms with Crippen LogP contribution in [0.5, 0.6) is 0 Å². The highest BCUT2D eigenvalue weighted by molar-refractivity contribution is 5.94. The van der Waals surface area contributed by atoms with Crippen molar-refractivity contribution in [3.63, 3.8) is 0 Å². The predicted molar refractivity (Wildman–Crippen MR) is 118 cm³/mol. The van der Waals surface area contributed by atoms with E-state index in [1.54, 1.807) is 0 Å². The van der Waals surface area contributed by atoms with Crippen molar-refractivity contribution in [1.82, 2.24) is 4.90 Å². The third-order valence-corrected chi connectivity index (χ3v) is 5.96. The molecule has 0 spiro atoms. The molecule has 1 fully saturated rings. The van der Waals surface area contributed by atoms with Crippen molar-refractivity contribution in [1.29, 1.82) is 0 Å². The van der Waals surface area contributed by atoms with E-state index in [0.717, 1.165) is 31.7 Å². The lowest BCUT2D eigenvalue weighted by atomic mass is 9.72. The topological polar surface area (TPSA) is 23.6 Å². The molecule has 2 aromatic carbocycles. The molecule has 28 heavy (non-hydrogen) atoms. The fourth-order valence-corrected chi connectivity index (χ4v) is 4.94. The molecular weight excluding hydrogens is 344 g/mol. The van der Waals surface area contributed by atoms with E-state index >= 15 is 0 Å². The number of carbonyl (C=O) groups excluding carboxylic acids is 1. The molecule has 3 nitrogen and oxygen atoms in total. The number of nitrogens with zero attached hydrogens (tertiary/aromatic N) is 2. The van der Waals surface area contributed by atoms with E-state index in [-0.39, 0.29) is 17.4 Å². The number of carbonyl (C=O) groups is 1. The molecule has 1 amide bonds. The van der Waals surface area contributed by atoms with Crippen LogP contribution < -0.4 is 4.90 Å². The first-order valence-electron chi connectivity index (χ1n) is 10.6. The molecule has 1 saturated heterocycles. The predicted octanol–water partition coefficient (Wildman–Crippen LogP) is 5.02. The Bertz CT molecular complexity index is 757. The normalized spacial score (nSPS) is 22.0. The lowest BCUT2D eigenvalue weighted by molar-refractivity contribution is -0.120. The third kappa shape index (κ3) is 4.64. The van der Waals surface area contributed by atoms with Gasteiger partial charge in [0.1, 0.15) is 0 Å². The van der Waals surface area contributed by atoms with Crippen molar-refractivity contribution >= 4 is 11.6 Å². The minimum Gasteiger partial charge on any atom is -0.308 e. The van der Waals surface area contributed by atoms with E-state index in [9.17, 15) is 4.79 Å². The highest BCUT2D eigenvalue weighted by Gasteiger charge is 2.45. The maximum absolute atomic E-state index is 12.9. The molecule has 2 aromatic rings. The van der Waals surface area contributed by atoms with Gasteiger partial charge < -0.3 is 9.80 Å². The summed E-state index contributed by atoms with van der Waals surface area (Å²) in [4.78, 5) is 17.6. The Labute approximate surface area is 170 Å². The van der Waals surface area contributed by atoms with Crippen LogP contribution in [0.25, 0.3) is 0 Å². The highest BCUT2D eigenvalue weighted by Crippen LogP contribution is 2.39. The number of rotatable bonds is 6. The van der Waals surface area contributed by atoms with Gasteiger partial charge >= 0.3 is 0 Å². The van der Waals surface area contributed by atoms with Crippen LogP contribution in [-0.2, 0) is 11.2 Å². The van der Waals surface area contributed by atoms with Crippen LogP contribution in [0.15, 0.2) is 60.7 Å². The Balaban J connectivity index is 1.78. The van der Waals surface area contributed by atoms with Crippen molar-refractivity contribution in [2.75, 3.05) is 24.5 Å². The van der Waals surface area contributed by atoms with Crippen LogP contribution in [0.4, 0.5) is 5.69 Å². The van der Waals surface area contributed by atoms with Gasteiger partial charge in [-0.15, -0.1) is 0 Å². The van der Waals surface area contributed by atoms with Crippen molar-refractivity contribution in [2.24, 2.45) is 11.3 Å². The molecule has 1 aliphatic heterocycles. The molecule has 0 aliphatic carbocycles. The van der Waals surface area contributed by atoms with Crippen LogP contribution in [0.2, 0.25) is 0 Å². The van der Waals surface area contributed by atoms with Crippen LogP contribution in [0, 0.1) is 11.3 Å². The largest absolute Gasteiger partial charge is 0.308 e. The maximum atomic E-state index is 12.9. The Morgan fingerprint density at radius 2 is 1.68 bits per heavy atom. The zero-order valence-electron chi connectivity index (χ0n) is 17.8. The first-order chi connectivity index (χ1) is 13.4. The minimum atomic E-state index is 0.0228. The number of amides is 1. The molecule has 1 aliphatic rings. The maximum Gasteiger partial charge on any atom is 0.226 e. The van der Waals surface area contributed by atoms with Gasteiger partial charge in [0.15, 0.2) is 0 Å². The zero-order valence-corrected chi connectivity index (χ0v) is 17.8. The van der Waals surface area contributed by atoms with Gasteiger partial charge in [0.2, 0.25) is 5.91 Å². The van der Waals surface area contributed by atoms with Crippen molar-refractivity contribution < 1.29 is 4.79 Å². The summed E-state index contributed by atoms with van der Waals surface area (Å²) >= 11 is 0. The van der Waals surface area contributed by atoms with Crippen molar-refractivity contribution in [3.05, 3.63) is 66.2 Å². The summed E-state index contributed by atoms with van der Waals surface area (Å²) in [6.07, 6.45) is 1.61. The van der Waals surface area contributed by atoms with E-state index in [1.165, 1.54) is 5.56 Å². The molecule has 2 atom stereocenters. The van der Waals surface area contributed by atoms with E-state index in [2.05, 4.69) is 73.0 Å². The van der Waals surface area contributed by atoms with Crippen molar-refractivity contribution in [2.45, 2.75) is 46.6 Å². The second-order valence-electron chi connectivity index (χ2n) is 8.83. The highest BCUT2D eigenvalue weighted by atomic mass is 16.2. The number of anilines is 1. The summed E-state index contributed by atoms with van der Waals surface area (Å²) in [5.74, 6) is 0.629. The molecule has 0 saturated carbocycles. The molecule has 0 bridgehead atoms. The number of para-hydroxylation sites is 1. The molecule has 0 N–H and O–H groups in total. The van der Waals surface area contributed by atoms with Gasteiger partial charge in [-0.3, -0.25) is 4.79 Å². The molecular formula is C25H34N2O. The standard InChI is InChI=1S/C25H34N2O/c1-5-23(28)27(22-14-10-7-11-15-22)24-20(2)18-26(19-25(24,3)4)17-16-21-12-8-6-9-13-21/h6-15,20,24H,5,16-19H2,1-4H3. The molecule has 1 heterocycles. The van der Waals surface area contributed by atoms with E-state index < -0.39 is 0 Å². The van der Waals surface area contributed by atoms with Crippen molar-refractivity contribution in [3.8, 4) is 0 Å². The summed E-state index contributed by atoms with van der Waals surface area (Å²) in [7, 11) is 0. The Morgan fingerprint density at radius 3 is 2.25 bits per heavy atom. The molecule has 3 rings (SSSR count). The number of piperidine rings is 1. The zero-order chi connectivity index (χ0) is 20.1. The summed E-state index contributed by atoms with van der Waals surface area (Å²) in [6, 6.07) is 21.1. The number of benzene rings is 2. The minimum absolute atomic E-state index is 0.0228. The number of hydrogen-bond donors (Lipinski definition) is 0. The van der Waals surface area contributed by atoms with E-state index in [0.29, 0.717) is 12.3 Å². The first-order valence-corrected chi connectivity index (χ1v) is 10.6. The van der Waals surface area contributed by atoms with Gasteiger partial charge in [-0.2, -0.15) is 0 Å². The van der Waals surface area contributed by atoms with E-state index in [4.69, 9.17) is 0 Å². The number of hydrogen-bond acceptors (Lipinski definition) is 2. The fraction of sp³-hybridized carbons (Fsp3) is 0.480. The number of likely N-dealkylation sites (tertiary alicyclic amines) is 1. The lowest BCUT2D eigenvalue weighted by Crippen LogP contribution is -2.61. The molecule has 0 radical (unpaired) electrons. The molecule has 0 aromatic heterocycles. The molecule has 150 valence electrons. The lowest BCUT2D eigenvalue weighted by Gasteiger charge is -2.52. The van der Waals surface area contributed by atoms with Crippen LogP contribution in [0.3, 0.4) is 0 Å². The fourth-order valence-electron chi connectivity index (χ4n) is 4.94. The summed E-state index contributed by atoms with van der Waals surface area (Å²) < 4.78 is 0. The molecule has 3 heteroatoms. The van der Waals surface area contributed by atoms with Gasteiger partial charge in [-0.1, -0.05) is 76.2 Å². The first kappa shape index (κ1) is 20.6. The Kier molecular flexibility index (Phi) is 6.56. The molecule has 2 unspecified atom stereocenters. The SMILES string of the molecule is CCC(=O)N(c1ccccc1)C1C(C)CN(CCc2ccccc2)CC1(C)C. The van der Waals surface area contributed by atoms with Crippen LogP contribution in [0.1, 0.15) is 39.7 Å². The summed E-state index contributed by atoms with van der Waals surface area (Å²) in [5.41, 5.74) is 2.44. The Morgan fingerprint density at radius 1 is 1.07 bits per heavy atom. The van der Waals surface area contributed by atoms with Crippen LogP contribution >= 0.6 is 0 Å². The van der Waals surface area contributed by atoms with Gasteiger partial charge in [-0.25, -0.2) is 0 Å². The van der Waals surface area contributed by atoms with Crippen LogP contribution in [-0.4, -0.2) is 36.5 Å². The second-order valence-corrected chi connectivity index (χ2v) is 8.83. The van der Waals surface area contributed by atoms with E-state index in [1.807, 2.05) is 25.1 Å². The second kappa shape index (κ2) is 8.91. The average Bonchev–Trinajstić information content (AvgIpc) is 2.69. The van der Waals surface area contributed by atoms with Gasteiger partial charge in [0.25, 0.3) is 0 Å². The summed E-state index contributed by atoms with van der Waals surface area (Å²) in [5, 5.41) is 0. The summed E-state index contributed by atoms with van der Waals surface area (Å²) in [6.45, 7) is 12.0. The van der Waals surface area contributed by atoms with Gasteiger partial charge in [0, 0.05) is 37.8 Å². The average molecular weight is 379 g/mol. The third-order valence-electron chi connectivity index (χ3n) is 5.96. The van der Waals surface area contributed by atoms with Gasteiger partial charge in [-0.05, 0) is 35.4 Å². The smallest absolute Gasteiger partial charge is 0.226 e. The van der Waals surface area contributed by atoms with Gasteiger partial charge in [0.05, 0.1) is 0 Å². The quantitative estimate of drug-likeness (QED) is 0.705. The monoisotopic (exact) mass is 378 g/mol.